The van der Waals surface area contributed by atoms with E-state index in [4.69, 9.17) is 4.74 Å². The minimum atomic E-state index is -0.0611. The first-order valence-electron chi connectivity index (χ1n) is 13.3. The summed E-state index contributed by atoms with van der Waals surface area (Å²) in [6.45, 7) is 5.54. The Morgan fingerprint density at radius 3 is 2.72 bits per heavy atom. The second-order valence-electron chi connectivity index (χ2n) is 9.78. The molecule has 4 rings (SSSR count). The van der Waals surface area contributed by atoms with Gasteiger partial charge in [0.05, 0.1) is 6.04 Å². The molecule has 0 bridgehead atoms. The van der Waals surface area contributed by atoms with E-state index in [1.807, 2.05) is 53.1 Å². The Kier molecular flexibility index (Phi) is 9.51. The monoisotopic (exact) mass is 506 g/mol. The van der Waals surface area contributed by atoms with Crippen LogP contribution in [0.2, 0.25) is 0 Å². The van der Waals surface area contributed by atoms with Gasteiger partial charge in [-0.3, -0.25) is 9.59 Å². The Bertz CT molecular complexity index is 1070. The van der Waals surface area contributed by atoms with Gasteiger partial charge in [-0.2, -0.15) is 11.8 Å². The number of morpholine rings is 1. The summed E-state index contributed by atoms with van der Waals surface area (Å²) >= 11 is 1.93. The predicted octanol–water partition coefficient (Wildman–Crippen LogP) is 5.97. The van der Waals surface area contributed by atoms with E-state index in [9.17, 15) is 9.59 Å². The SMILES string of the molecule is CCCSCCCNC(=O)c1ccc(/C=C2/OC3CCCCC3N(Cc3cccc(C)c3)C2=O)cc1. The van der Waals surface area contributed by atoms with Crippen LogP contribution in [-0.2, 0) is 16.1 Å². The molecule has 2 aliphatic rings. The van der Waals surface area contributed by atoms with Crippen LogP contribution in [-0.4, -0.2) is 46.9 Å². The number of fused-ring (bicyclic) bond motifs is 1. The third kappa shape index (κ3) is 6.94. The molecular formula is C30H38N2O3S. The van der Waals surface area contributed by atoms with Crippen LogP contribution in [0.25, 0.3) is 6.08 Å². The summed E-state index contributed by atoms with van der Waals surface area (Å²) in [5.41, 5.74) is 3.83. The van der Waals surface area contributed by atoms with Crippen LogP contribution in [0.4, 0.5) is 0 Å². The second kappa shape index (κ2) is 13.0. The average Bonchev–Trinajstić information content (AvgIpc) is 2.89. The topological polar surface area (TPSA) is 58.6 Å². The summed E-state index contributed by atoms with van der Waals surface area (Å²) in [4.78, 5) is 28.0. The van der Waals surface area contributed by atoms with Crippen LogP contribution in [0, 0.1) is 6.92 Å². The first-order valence-corrected chi connectivity index (χ1v) is 14.4. The van der Waals surface area contributed by atoms with Gasteiger partial charge in [0.25, 0.3) is 11.8 Å². The van der Waals surface area contributed by atoms with Gasteiger partial charge in [-0.05, 0) is 79.9 Å². The molecule has 0 spiro atoms. The molecule has 192 valence electrons. The van der Waals surface area contributed by atoms with E-state index < -0.39 is 0 Å². The lowest BCUT2D eigenvalue weighted by Crippen LogP contribution is -2.54. The van der Waals surface area contributed by atoms with E-state index in [0.29, 0.717) is 24.4 Å². The summed E-state index contributed by atoms with van der Waals surface area (Å²) in [7, 11) is 0. The number of hydrogen-bond donors (Lipinski definition) is 1. The Labute approximate surface area is 219 Å². The molecule has 2 fully saturated rings. The van der Waals surface area contributed by atoms with Crippen LogP contribution in [0.1, 0.15) is 72.5 Å². The van der Waals surface area contributed by atoms with E-state index in [0.717, 1.165) is 49.0 Å². The third-order valence-corrected chi connectivity index (χ3v) is 8.10. The molecule has 1 aliphatic heterocycles. The minimum Gasteiger partial charge on any atom is -0.482 e. The van der Waals surface area contributed by atoms with Crippen molar-refractivity contribution in [3.8, 4) is 0 Å². The van der Waals surface area contributed by atoms with Gasteiger partial charge in [0.1, 0.15) is 6.10 Å². The largest absolute Gasteiger partial charge is 0.482 e. The van der Waals surface area contributed by atoms with Gasteiger partial charge < -0.3 is 15.0 Å². The molecule has 2 unspecified atom stereocenters. The lowest BCUT2D eigenvalue weighted by molar-refractivity contribution is -0.149. The number of amides is 2. The molecule has 1 N–H and O–H groups in total. The van der Waals surface area contributed by atoms with Crippen molar-refractivity contribution >= 4 is 29.7 Å². The van der Waals surface area contributed by atoms with Crippen molar-refractivity contribution < 1.29 is 14.3 Å². The molecule has 36 heavy (non-hydrogen) atoms. The Morgan fingerprint density at radius 2 is 1.94 bits per heavy atom. The zero-order chi connectivity index (χ0) is 25.3. The molecule has 0 radical (unpaired) electrons. The van der Waals surface area contributed by atoms with Crippen LogP contribution in [0.5, 0.6) is 0 Å². The molecule has 2 amide bonds. The fourth-order valence-corrected chi connectivity index (χ4v) is 5.82. The van der Waals surface area contributed by atoms with E-state index in [-0.39, 0.29) is 24.0 Å². The summed E-state index contributed by atoms with van der Waals surface area (Å²) in [5.74, 6) is 2.52. The third-order valence-electron chi connectivity index (χ3n) is 6.82. The maximum Gasteiger partial charge on any atom is 0.289 e. The molecule has 1 saturated heterocycles. The highest BCUT2D eigenvalue weighted by molar-refractivity contribution is 7.99. The quantitative estimate of drug-likeness (QED) is 0.319. The number of nitrogens with one attached hydrogen (secondary N) is 1. The standard InChI is InChI=1S/C30H38N2O3S/c1-3-17-36-18-7-16-31-29(33)25-14-12-23(13-15-25)20-28-30(34)32(21-24-9-6-8-22(2)19-24)26-10-4-5-11-27(26)35-28/h6,8-9,12-15,19-20,26-27H,3-5,7,10-11,16-18,21H2,1-2H3,(H,31,33)/b28-20+. The van der Waals surface area contributed by atoms with Crippen LogP contribution >= 0.6 is 11.8 Å². The number of rotatable bonds is 10. The normalized spacial score (nSPS) is 20.7. The number of nitrogens with zero attached hydrogens (tertiary/aromatic N) is 1. The van der Waals surface area contributed by atoms with Gasteiger partial charge in [-0.15, -0.1) is 0 Å². The Morgan fingerprint density at radius 1 is 1.14 bits per heavy atom. The van der Waals surface area contributed by atoms with Gasteiger partial charge in [0, 0.05) is 18.7 Å². The summed E-state index contributed by atoms with van der Waals surface area (Å²) in [6.07, 6.45) is 8.22. The lowest BCUT2D eigenvalue weighted by Gasteiger charge is -2.44. The van der Waals surface area contributed by atoms with Gasteiger partial charge in [0.15, 0.2) is 5.76 Å². The number of thioether (sulfide) groups is 1. The average molecular weight is 507 g/mol. The lowest BCUT2D eigenvalue weighted by atomic mass is 9.89. The van der Waals surface area contributed by atoms with E-state index >= 15 is 0 Å². The zero-order valence-corrected chi connectivity index (χ0v) is 22.3. The van der Waals surface area contributed by atoms with E-state index in [1.54, 1.807) is 0 Å². The fraction of sp³-hybridized carbons (Fsp3) is 0.467. The van der Waals surface area contributed by atoms with Crippen molar-refractivity contribution in [2.75, 3.05) is 18.1 Å². The van der Waals surface area contributed by atoms with Gasteiger partial charge >= 0.3 is 0 Å². The number of hydrogen-bond acceptors (Lipinski definition) is 4. The molecule has 1 aliphatic carbocycles. The van der Waals surface area contributed by atoms with Crippen molar-refractivity contribution in [3.05, 3.63) is 76.5 Å². The first kappa shape index (κ1) is 26.3. The maximum absolute atomic E-state index is 13.5. The van der Waals surface area contributed by atoms with Gasteiger partial charge in [-0.1, -0.05) is 55.3 Å². The highest BCUT2D eigenvalue weighted by atomic mass is 32.2. The number of carbonyl (C=O) groups excluding carboxylic acids is 2. The molecular weight excluding hydrogens is 468 g/mol. The number of ether oxygens (including phenoxy) is 1. The highest BCUT2D eigenvalue weighted by Crippen LogP contribution is 2.34. The van der Waals surface area contributed by atoms with Crippen molar-refractivity contribution in [2.45, 2.75) is 71.1 Å². The maximum atomic E-state index is 13.5. The second-order valence-corrected chi connectivity index (χ2v) is 11.0. The molecule has 2 aromatic carbocycles. The van der Waals surface area contributed by atoms with Gasteiger partial charge in [0.2, 0.25) is 0 Å². The molecule has 0 aromatic heterocycles. The molecule has 2 atom stereocenters. The molecule has 5 nitrogen and oxygen atoms in total. The summed E-state index contributed by atoms with van der Waals surface area (Å²) < 4.78 is 6.26. The zero-order valence-electron chi connectivity index (χ0n) is 21.5. The first-order chi connectivity index (χ1) is 17.5. The Hall–Kier alpha value is -2.73. The number of aryl methyl sites for hydroxylation is 1. The van der Waals surface area contributed by atoms with Crippen LogP contribution in [0.3, 0.4) is 0 Å². The van der Waals surface area contributed by atoms with Crippen LogP contribution < -0.4 is 5.32 Å². The van der Waals surface area contributed by atoms with Crippen molar-refractivity contribution in [2.24, 2.45) is 0 Å². The molecule has 2 aromatic rings. The number of benzene rings is 2. The van der Waals surface area contributed by atoms with E-state index in [1.165, 1.54) is 17.7 Å². The van der Waals surface area contributed by atoms with Crippen LogP contribution in [0.15, 0.2) is 54.3 Å². The number of carbonyl (C=O) groups is 2. The molecule has 6 heteroatoms. The fourth-order valence-electron chi connectivity index (χ4n) is 4.98. The summed E-state index contributed by atoms with van der Waals surface area (Å²) in [5, 5.41) is 2.99. The van der Waals surface area contributed by atoms with E-state index in [2.05, 4.69) is 37.4 Å². The minimum absolute atomic E-state index is 0.0352. The highest BCUT2D eigenvalue weighted by Gasteiger charge is 2.41. The smallest absolute Gasteiger partial charge is 0.289 e. The molecule has 1 saturated carbocycles. The van der Waals surface area contributed by atoms with Gasteiger partial charge in [-0.25, -0.2) is 0 Å². The van der Waals surface area contributed by atoms with Crippen molar-refractivity contribution in [1.82, 2.24) is 10.2 Å². The Balaban J connectivity index is 1.42. The summed E-state index contributed by atoms with van der Waals surface area (Å²) in [6, 6.07) is 15.9. The van der Waals surface area contributed by atoms with Crippen molar-refractivity contribution in [1.29, 1.82) is 0 Å². The van der Waals surface area contributed by atoms with Crippen molar-refractivity contribution in [3.63, 3.8) is 0 Å². The predicted molar refractivity (Wildman–Crippen MR) is 148 cm³/mol. The molecule has 1 heterocycles.